The van der Waals surface area contributed by atoms with E-state index in [0.717, 1.165) is 5.56 Å². The number of methoxy groups -OCH3 is 1. The lowest BCUT2D eigenvalue weighted by molar-refractivity contribution is -0.140. The van der Waals surface area contributed by atoms with E-state index in [1.165, 1.54) is 12.0 Å². The number of carbonyl (C=O) groups excluding carboxylic acids is 2. The van der Waals surface area contributed by atoms with Crippen LogP contribution in [0.1, 0.15) is 18.4 Å². The molecule has 0 bridgehead atoms. The van der Waals surface area contributed by atoms with Crippen LogP contribution >= 0.6 is 11.6 Å². The van der Waals surface area contributed by atoms with Crippen LogP contribution in [-0.4, -0.2) is 37.6 Å². The summed E-state index contributed by atoms with van der Waals surface area (Å²) < 4.78 is 4.54. The van der Waals surface area contributed by atoms with Crippen molar-refractivity contribution in [2.45, 2.75) is 19.8 Å². The van der Waals surface area contributed by atoms with Gasteiger partial charge in [-0.05, 0) is 31.0 Å². The van der Waals surface area contributed by atoms with E-state index in [4.69, 9.17) is 11.6 Å². The summed E-state index contributed by atoms with van der Waals surface area (Å²) in [6.07, 6.45) is 0.857. The predicted molar refractivity (Wildman–Crippen MR) is 79.1 cm³/mol. The number of urea groups is 1. The topological polar surface area (TPSA) is 58.6 Å². The smallest absolute Gasteiger partial charge is 0.321 e. The lowest BCUT2D eigenvalue weighted by Gasteiger charge is -2.18. The summed E-state index contributed by atoms with van der Waals surface area (Å²) >= 11 is 5.99. The molecule has 6 heteroatoms. The average Bonchev–Trinajstić information content (AvgIpc) is 2.42. The van der Waals surface area contributed by atoms with Gasteiger partial charge in [0.1, 0.15) is 0 Å². The van der Waals surface area contributed by atoms with Crippen LogP contribution in [-0.2, 0) is 9.53 Å². The molecule has 0 atom stereocenters. The van der Waals surface area contributed by atoms with Crippen molar-refractivity contribution in [1.29, 1.82) is 0 Å². The third-order valence-corrected chi connectivity index (χ3v) is 3.28. The van der Waals surface area contributed by atoms with Crippen LogP contribution in [0.25, 0.3) is 0 Å². The lowest BCUT2D eigenvalue weighted by atomic mass is 10.2. The Labute approximate surface area is 123 Å². The monoisotopic (exact) mass is 298 g/mol. The van der Waals surface area contributed by atoms with E-state index in [1.54, 1.807) is 19.2 Å². The van der Waals surface area contributed by atoms with Crippen LogP contribution in [0.15, 0.2) is 18.2 Å². The van der Waals surface area contributed by atoms with Crippen molar-refractivity contribution >= 4 is 29.3 Å². The molecule has 1 rings (SSSR count). The molecule has 20 heavy (non-hydrogen) atoms. The number of nitrogens with zero attached hydrogens (tertiary/aromatic N) is 1. The molecule has 0 saturated heterocycles. The fraction of sp³-hybridized carbons (Fsp3) is 0.429. The van der Waals surface area contributed by atoms with Crippen LogP contribution in [0.3, 0.4) is 0 Å². The van der Waals surface area contributed by atoms with Gasteiger partial charge >= 0.3 is 12.0 Å². The number of rotatable bonds is 5. The van der Waals surface area contributed by atoms with Gasteiger partial charge in [-0.25, -0.2) is 4.79 Å². The number of ether oxygens (including phenoxy) is 1. The number of aryl methyl sites for hydroxylation is 1. The van der Waals surface area contributed by atoms with Gasteiger partial charge < -0.3 is 15.0 Å². The molecular formula is C14H19ClN2O3. The van der Waals surface area contributed by atoms with Gasteiger partial charge in [0.25, 0.3) is 0 Å². The maximum absolute atomic E-state index is 11.9. The molecule has 0 aliphatic heterocycles. The summed E-state index contributed by atoms with van der Waals surface area (Å²) in [6.45, 7) is 2.37. The summed E-state index contributed by atoms with van der Waals surface area (Å²) in [7, 11) is 3.02. The third kappa shape index (κ3) is 5.09. The van der Waals surface area contributed by atoms with Crippen LogP contribution < -0.4 is 5.32 Å². The highest BCUT2D eigenvalue weighted by Crippen LogP contribution is 2.20. The van der Waals surface area contributed by atoms with E-state index in [2.05, 4.69) is 10.1 Å². The van der Waals surface area contributed by atoms with E-state index in [9.17, 15) is 9.59 Å². The molecule has 0 aliphatic rings. The number of benzene rings is 1. The van der Waals surface area contributed by atoms with Crippen LogP contribution in [0, 0.1) is 6.92 Å². The van der Waals surface area contributed by atoms with Crippen molar-refractivity contribution in [3.05, 3.63) is 28.8 Å². The molecule has 0 saturated carbocycles. The molecule has 2 amide bonds. The molecule has 0 unspecified atom stereocenters. The quantitative estimate of drug-likeness (QED) is 0.850. The van der Waals surface area contributed by atoms with Crippen molar-refractivity contribution in [1.82, 2.24) is 4.90 Å². The molecule has 0 spiro atoms. The highest BCUT2D eigenvalue weighted by atomic mass is 35.5. The minimum atomic E-state index is -0.274. The molecule has 1 aromatic carbocycles. The first-order valence-corrected chi connectivity index (χ1v) is 6.67. The van der Waals surface area contributed by atoms with Gasteiger partial charge in [-0.3, -0.25) is 4.79 Å². The van der Waals surface area contributed by atoms with Crippen molar-refractivity contribution < 1.29 is 14.3 Å². The molecule has 0 heterocycles. The molecule has 0 aliphatic carbocycles. The van der Waals surface area contributed by atoms with E-state index in [1.807, 2.05) is 13.0 Å². The fourth-order valence-electron chi connectivity index (χ4n) is 1.55. The molecule has 0 radical (unpaired) electrons. The SMILES string of the molecule is COC(=O)CCCN(C)C(=O)Nc1ccc(C)c(Cl)c1. The maximum Gasteiger partial charge on any atom is 0.321 e. The number of hydrogen-bond acceptors (Lipinski definition) is 3. The molecule has 5 nitrogen and oxygen atoms in total. The van der Waals surface area contributed by atoms with Gasteiger partial charge in [-0.2, -0.15) is 0 Å². The van der Waals surface area contributed by atoms with Gasteiger partial charge in [-0.1, -0.05) is 17.7 Å². The first-order chi connectivity index (χ1) is 9.43. The minimum absolute atomic E-state index is 0.241. The number of amides is 2. The van der Waals surface area contributed by atoms with Crippen LogP contribution in [0.4, 0.5) is 10.5 Å². The summed E-state index contributed by atoms with van der Waals surface area (Å²) in [5.41, 5.74) is 1.60. The number of carbonyl (C=O) groups is 2. The zero-order chi connectivity index (χ0) is 15.1. The maximum atomic E-state index is 11.9. The Balaban J connectivity index is 2.45. The van der Waals surface area contributed by atoms with Crippen LogP contribution in [0.5, 0.6) is 0 Å². The molecular weight excluding hydrogens is 280 g/mol. The summed E-state index contributed by atoms with van der Waals surface area (Å²) in [5.74, 6) is -0.274. The summed E-state index contributed by atoms with van der Waals surface area (Å²) in [4.78, 5) is 24.4. The molecule has 1 aromatic rings. The number of esters is 1. The Hall–Kier alpha value is -1.75. The molecule has 0 fully saturated rings. The highest BCUT2D eigenvalue weighted by Gasteiger charge is 2.10. The van der Waals surface area contributed by atoms with Crippen LogP contribution in [0.2, 0.25) is 5.02 Å². The predicted octanol–water partition coefficient (Wildman–Crippen LogP) is 3.07. The minimum Gasteiger partial charge on any atom is -0.469 e. The van der Waals surface area contributed by atoms with Gasteiger partial charge in [0, 0.05) is 30.7 Å². The second-order valence-corrected chi connectivity index (χ2v) is 4.90. The van der Waals surface area contributed by atoms with Crippen molar-refractivity contribution in [2.24, 2.45) is 0 Å². The molecule has 0 aromatic heterocycles. The zero-order valence-electron chi connectivity index (χ0n) is 11.9. The van der Waals surface area contributed by atoms with Gasteiger partial charge in [0.15, 0.2) is 0 Å². The first-order valence-electron chi connectivity index (χ1n) is 6.29. The molecule has 1 N–H and O–H groups in total. The first kappa shape index (κ1) is 16.3. The Morgan fingerprint density at radius 1 is 1.40 bits per heavy atom. The Kier molecular flexibility index (Phi) is 6.31. The van der Waals surface area contributed by atoms with E-state index >= 15 is 0 Å². The number of halogens is 1. The zero-order valence-corrected chi connectivity index (χ0v) is 12.7. The van der Waals surface area contributed by atoms with Gasteiger partial charge in [0.2, 0.25) is 0 Å². The van der Waals surface area contributed by atoms with Crippen molar-refractivity contribution in [3.8, 4) is 0 Å². The van der Waals surface area contributed by atoms with Crippen molar-refractivity contribution in [3.63, 3.8) is 0 Å². The third-order valence-electron chi connectivity index (χ3n) is 2.87. The second kappa shape index (κ2) is 7.75. The van der Waals surface area contributed by atoms with Gasteiger partial charge in [-0.15, -0.1) is 0 Å². The summed E-state index contributed by atoms with van der Waals surface area (Å²) in [6, 6.07) is 5.10. The average molecular weight is 299 g/mol. The fourth-order valence-corrected chi connectivity index (χ4v) is 1.73. The summed E-state index contributed by atoms with van der Waals surface area (Å²) in [5, 5.41) is 3.36. The second-order valence-electron chi connectivity index (χ2n) is 4.50. The van der Waals surface area contributed by atoms with E-state index in [0.29, 0.717) is 30.1 Å². The highest BCUT2D eigenvalue weighted by molar-refractivity contribution is 6.31. The van der Waals surface area contributed by atoms with E-state index < -0.39 is 0 Å². The van der Waals surface area contributed by atoms with Crippen molar-refractivity contribution in [2.75, 3.05) is 26.0 Å². The van der Waals surface area contributed by atoms with Gasteiger partial charge in [0.05, 0.1) is 7.11 Å². The Morgan fingerprint density at radius 3 is 2.70 bits per heavy atom. The normalized spacial score (nSPS) is 10.0. The number of hydrogen-bond donors (Lipinski definition) is 1. The lowest BCUT2D eigenvalue weighted by Crippen LogP contribution is -2.32. The Bertz CT molecular complexity index is 491. The number of nitrogens with one attached hydrogen (secondary N) is 1. The standard InChI is InChI=1S/C14H19ClN2O3/c1-10-6-7-11(9-12(10)15)16-14(19)17(2)8-4-5-13(18)20-3/h6-7,9H,4-5,8H2,1-3H3,(H,16,19). The Morgan fingerprint density at radius 2 is 2.10 bits per heavy atom. The molecule has 110 valence electrons. The number of anilines is 1. The largest absolute Gasteiger partial charge is 0.469 e. The van der Waals surface area contributed by atoms with E-state index in [-0.39, 0.29) is 12.0 Å².